The molecule has 2 nitrogen and oxygen atoms in total. The van der Waals surface area contributed by atoms with Crippen LogP contribution < -0.4 is 0 Å². The summed E-state index contributed by atoms with van der Waals surface area (Å²) in [5.41, 5.74) is 1.10. The third-order valence-electron chi connectivity index (χ3n) is 1.63. The first-order valence-corrected chi connectivity index (χ1v) is 4.27. The highest BCUT2D eigenvalue weighted by molar-refractivity contribution is 5.80. The van der Waals surface area contributed by atoms with Gasteiger partial charge < -0.3 is 5.11 Å². The molecule has 0 unspecified atom stereocenters. The summed E-state index contributed by atoms with van der Waals surface area (Å²) < 4.78 is 0. The van der Waals surface area contributed by atoms with Crippen molar-refractivity contribution in [3.63, 3.8) is 0 Å². The van der Waals surface area contributed by atoms with E-state index < -0.39 is 5.97 Å². The molecule has 0 aliphatic rings. The van der Waals surface area contributed by atoms with Crippen molar-refractivity contribution in [3.8, 4) is 0 Å². The zero-order valence-corrected chi connectivity index (χ0v) is 7.71. The number of hydrogen-bond donors (Lipinski definition) is 1. The lowest BCUT2D eigenvalue weighted by Gasteiger charge is -1.97. The molecule has 0 radical (unpaired) electrons. The fourth-order valence-electron chi connectivity index (χ4n) is 0.883. The molecular weight excluding hydrogens is 152 g/mol. The lowest BCUT2D eigenvalue weighted by molar-refractivity contribution is -0.131. The van der Waals surface area contributed by atoms with Gasteiger partial charge in [-0.25, -0.2) is 4.79 Å². The van der Waals surface area contributed by atoms with E-state index >= 15 is 0 Å². The number of hydrogen-bond acceptors (Lipinski definition) is 1. The number of aliphatic carboxylic acids is 1. The van der Waals surface area contributed by atoms with Crippen molar-refractivity contribution in [2.24, 2.45) is 0 Å². The molecule has 0 saturated carbocycles. The van der Waals surface area contributed by atoms with E-state index in [2.05, 4.69) is 6.92 Å². The van der Waals surface area contributed by atoms with Crippen LogP contribution in [0, 0.1) is 0 Å². The number of unbranched alkanes of at least 4 members (excludes halogenated alkanes) is 1. The molecule has 0 saturated heterocycles. The highest BCUT2D eigenvalue weighted by Crippen LogP contribution is 2.08. The maximum Gasteiger partial charge on any atom is 0.328 e. The van der Waals surface area contributed by atoms with Gasteiger partial charge in [0.1, 0.15) is 0 Å². The molecule has 0 aromatic carbocycles. The van der Waals surface area contributed by atoms with E-state index in [1.54, 1.807) is 6.08 Å². The lowest BCUT2D eigenvalue weighted by atomic mass is 10.1. The molecule has 1 N–H and O–H groups in total. The Hall–Kier alpha value is -1.05. The summed E-state index contributed by atoms with van der Waals surface area (Å²) in [6.07, 6.45) is 8.02. The summed E-state index contributed by atoms with van der Waals surface area (Å²) in [6, 6.07) is 0. The highest BCUT2D eigenvalue weighted by Gasteiger charge is 1.91. The van der Waals surface area contributed by atoms with Crippen LogP contribution in [0.3, 0.4) is 0 Å². The fraction of sp³-hybridized carbons (Fsp3) is 0.500. The van der Waals surface area contributed by atoms with Crippen molar-refractivity contribution in [1.29, 1.82) is 0 Å². The molecule has 12 heavy (non-hydrogen) atoms. The maximum absolute atomic E-state index is 10.2. The summed E-state index contributed by atoms with van der Waals surface area (Å²) >= 11 is 0. The molecule has 0 aromatic heterocycles. The molecule has 0 rings (SSSR count). The van der Waals surface area contributed by atoms with Gasteiger partial charge in [-0.15, -0.1) is 0 Å². The normalized spacial score (nSPS) is 12.3. The first-order valence-electron chi connectivity index (χ1n) is 4.27. The Morgan fingerprint density at radius 1 is 1.42 bits per heavy atom. The Labute approximate surface area is 73.6 Å². The summed E-state index contributed by atoms with van der Waals surface area (Å²) in [6.45, 7) is 4.05. The van der Waals surface area contributed by atoms with Crippen LogP contribution in [0.15, 0.2) is 23.8 Å². The van der Waals surface area contributed by atoms with Crippen molar-refractivity contribution in [1.82, 2.24) is 0 Å². The van der Waals surface area contributed by atoms with E-state index in [1.807, 2.05) is 13.0 Å². The van der Waals surface area contributed by atoms with Crippen LogP contribution >= 0.6 is 0 Å². The highest BCUT2D eigenvalue weighted by atomic mass is 16.4. The minimum absolute atomic E-state index is 0.883. The SMILES string of the molecule is CC=C(C=CC(=O)O)CCCC. The largest absolute Gasteiger partial charge is 0.478 e. The van der Waals surface area contributed by atoms with Crippen LogP contribution in [0.4, 0.5) is 0 Å². The average Bonchev–Trinajstić information content (AvgIpc) is 2.05. The van der Waals surface area contributed by atoms with Gasteiger partial charge in [0.15, 0.2) is 0 Å². The number of carboxylic acids is 1. The standard InChI is InChI=1S/C10H16O2/c1-3-5-6-9(4-2)7-8-10(11)12/h4,7-8H,3,5-6H2,1-2H3,(H,11,12). The summed E-state index contributed by atoms with van der Waals surface area (Å²) in [4.78, 5) is 10.2. The molecule has 0 amide bonds. The van der Waals surface area contributed by atoms with Crippen LogP contribution in [-0.4, -0.2) is 11.1 Å². The molecule has 0 atom stereocenters. The van der Waals surface area contributed by atoms with Gasteiger partial charge >= 0.3 is 5.97 Å². The fourth-order valence-corrected chi connectivity index (χ4v) is 0.883. The number of carboxylic acid groups (broad SMARTS) is 1. The molecule has 68 valence electrons. The summed E-state index contributed by atoms with van der Waals surface area (Å²) in [5, 5.41) is 8.37. The predicted octanol–water partition coefficient (Wildman–Crippen LogP) is 2.76. The molecule has 0 aliphatic heterocycles. The molecule has 0 aliphatic carbocycles. The summed E-state index contributed by atoms with van der Waals surface area (Å²) in [7, 11) is 0. The Morgan fingerprint density at radius 3 is 2.50 bits per heavy atom. The molecule has 0 aromatic rings. The third-order valence-corrected chi connectivity index (χ3v) is 1.63. The van der Waals surface area contributed by atoms with Crippen molar-refractivity contribution < 1.29 is 9.90 Å². The van der Waals surface area contributed by atoms with E-state index in [0.717, 1.165) is 24.8 Å². The number of allylic oxidation sites excluding steroid dienone is 3. The van der Waals surface area contributed by atoms with Crippen LogP contribution in [0.2, 0.25) is 0 Å². The van der Waals surface area contributed by atoms with Crippen LogP contribution in [0.25, 0.3) is 0 Å². The van der Waals surface area contributed by atoms with E-state index in [9.17, 15) is 4.79 Å². The van der Waals surface area contributed by atoms with Crippen molar-refractivity contribution >= 4 is 5.97 Å². The predicted molar refractivity (Wildman–Crippen MR) is 50.1 cm³/mol. The van der Waals surface area contributed by atoms with E-state index in [4.69, 9.17) is 5.11 Å². The third kappa shape index (κ3) is 5.71. The number of rotatable bonds is 5. The Kier molecular flexibility index (Phi) is 6.07. The second kappa shape index (κ2) is 6.65. The molecule has 0 fully saturated rings. The van der Waals surface area contributed by atoms with Gasteiger partial charge in [-0.3, -0.25) is 0 Å². The van der Waals surface area contributed by atoms with E-state index in [-0.39, 0.29) is 0 Å². The van der Waals surface area contributed by atoms with Crippen LogP contribution in [-0.2, 0) is 4.79 Å². The Morgan fingerprint density at radius 2 is 2.08 bits per heavy atom. The minimum Gasteiger partial charge on any atom is -0.478 e. The van der Waals surface area contributed by atoms with Gasteiger partial charge in [-0.2, -0.15) is 0 Å². The zero-order chi connectivity index (χ0) is 9.40. The van der Waals surface area contributed by atoms with E-state index in [0.29, 0.717) is 0 Å². The average molecular weight is 168 g/mol. The first-order chi connectivity index (χ1) is 5.70. The lowest BCUT2D eigenvalue weighted by Crippen LogP contribution is -1.87. The van der Waals surface area contributed by atoms with Crippen molar-refractivity contribution in [3.05, 3.63) is 23.8 Å². The van der Waals surface area contributed by atoms with Gasteiger partial charge in [0.2, 0.25) is 0 Å². The van der Waals surface area contributed by atoms with Gasteiger partial charge in [0, 0.05) is 6.08 Å². The second-order valence-electron chi connectivity index (χ2n) is 2.64. The molecule has 0 spiro atoms. The second-order valence-corrected chi connectivity index (χ2v) is 2.64. The quantitative estimate of drug-likeness (QED) is 0.506. The zero-order valence-electron chi connectivity index (χ0n) is 7.71. The maximum atomic E-state index is 10.2. The Balaban J connectivity index is 3.92. The van der Waals surface area contributed by atoms with Crippen LogP contribution in [0.5, 0.6) is 0 Å². The molecular formula is C10H16O2. The first kappa shape index (κ1) is 11.0. The van der Waals surface area contributed by atoms with Gasteiger partial charge in [-0.1, -0.05) is 31.1 Å². The van der Waals surface area contributed by atoms with Gasteiger partial charge in [0.25, 0.3) is 0 Å². The summed E-state index contributed by atoms with van der Waals surface area (Å²) in [5.74, 6) is -0.883. The smallest absolute Gasteiger partial charge is 0.328 e. The molecule has 0 bridgehead atoms. The van der Waals surface area contributed by atoms with Gasteiger partial charge in [0.05, 0.1) is 0 Å². The topological polar surface area (TPSA) is 37.3 Å². The van der Waals surface area contributed by atoms with Crippen LogP contribution in [0.1, 0.15) is 33.1 Å². The molecule has 2 heteroatoms. The minimum atomic E-state index is -0.883. The van der Waals surface area contributed by atoms with Gasteiger partial charge in [-0.05, 0) is 19.8 Å². The van der Waals surface area contributed by atoms with Crippen molar-refractivity contribution in [2.45, 2.75) is 33.1 Å². The monoisotopic (exact) mass is 168 g/mol. The van der Waals surface area contributed by atoms with Crippen molar-refractivity contribution in [2.75, 3.05) is 0 Å². The number of carbonyl (C=O) groups is 1. The van der Waals surface area contributed by atoms with E-state index in [1.165, 1.54) is 6.08 Å². The Bertz CT molecular complexity index is 190. The molecule has 0 heterocycles.